The molecule has 0 radical (unpaired) electrons. The van der Waals surface area contributed by atoms with Crippen molar-refractivity contribution < 1.29 is 18.0 Å². The van der Waals surface area contributed by atoms with Crippen molar-refractivity contribution in [2.75, 3.05) is 0 Å². The van der Waals surface area contributed by atoms with E-state index in [-0.39, 0.29) is 10.8 Å². The lowest BCUT2D eigenvalue weighted by Crippen LogP contribution is -2.50. The Balaban J connectivity index is 2.94. The summed E-state index contributed by atoms with van der Waals surface area (Å²) < 4.78 is 26.1. The monoisotopic (exact) mass is 332 g/mol. The fraction of sp³-hybridized carbons (Fsp3) is 0.385. The number of amides is 2. The van der Waals surface area contributed by atoms with Crippen molar-refractivity contribution in [2.24, 2.45) is 5.92 Å². The predicted molar refractivity (Wildman–Crippen MR) is 79.2 cm³/mol. The molecule has 0 aliphatic heterocycles. The summed E-state index contributed by atoms with van der Waals surface area (Å²) in [5, 5.41) is 2.81. The Morgan fingerprint density at radius 3 is 2.10 bits per heavy atom. The molecule has 2 N–H and O–H groups in total. The molecular weight excluding hydrogens is 316 g/mol. The minimum Gasteiger partial charge on any atom is -0.344 e. The van der Waals surface area contributed by atoms with Crippen molar-refractivity contribution in [1.82, 2.24) is 10.0 Å². The summed E-state index contributed by atoms with van der Waals surface area (Å²) in [6.45, 7) is 4.67. The van der Waals surface area contributed by atoms with E-state index in [1.165, 1.54) is 31.2 Å². The Bertz CT molecular complexity index is 626. The van der Waals surface area contributed by atoms with Crippen LogP contribution in [0.2, 0.25) is 5.02 Å². The molecule has 0 fully saturated rings. The smallest absolute Gasteiger partial charge is 0.264 e. The third-order valence-corrected chi connectivity index (χ3v) is 4.28. The molecule has 116 valence electrons. The molecule has 0 spiro atoms. The number of carbonyl (C=O) groups excluding carboxylic acids is 2. The van der Waals surface area contributed by atoms with E-state index < -0.39 is 27.9 Å². The van der Waals surface area contributed by atoms with Gasteiger partial charge in [0, 0.05) is 11.9 Å². The van der Waals surface area contributed by atoms with E-state index in [1.54, 1.807) is 13.8 Å². The van der Waals surface area contributed by atoms with Crippen LogP contribution >= 0.6 is 11.6 Å². The normalized spacial score (nSPS) is 12.8. The van der Waals surface area contributed by atoms with Crippen LogP contribution in [-0.4, -0.2) is 26.3 Å². The van der Waals surface area contributed by atoms with Crippen LogP contribution in [0, 0.1) is 5.92 Å². The Morgan fingerprint density at radius 2 is 1.67 bits per heavy atom. The standard InChI is InChI=1S/C13H17ClN2O4S/c1-8(2)12(15-9(3)17)13(18)16-21(19,20)11-6-4-10(14)5-7-11/h4-8,12H,1-3H3,(H,15,17)(H,16,18). The maximum absolute atomic E-state index is 12.1. The molecule has 21 heavy (non-hydrogen) atoms. The number of rotatable bonds is 5. The molecule has 0 bridgehead atoms. The molecule has 0 heterocycles. The molecule has 0 aliphatic carbocycles. The Labute approximate surface area is 128 Å². The van der Waals surface area contributed by atoms with Gasteiger partial charge >= 0.3 is 0 Å². The van der Waals surface area contributed by atoms with Crippen LogP contribution < -0.4 is 10.0 Å². The molecule has 1 atom stereocenters. The van der Waals surface area contributed by atoms with Gasteiger partial charge in [0.25, 0.3) is 15.9 Å². The second kappa shape index (κ2) is 6.91. The number of halogens is 1. The first-order valence-corrected chi connectivity index (χ1v) is 8.09. The molecule has 0 aromatic heterocycles. The highest BCUT2D eigenvalue weighted by Crippen LogP contribution is 2.14. The zero-order chi connectivity index (χ0) is 16.2. The highest BCUT2D eigenvalue weighted by Gasteiger charge is 2.27. The largest absolute Gasteiger partial charge is 0.344 e. The third-order valence-electron chi connectivity index (χ3n) is 2.67. The zero-order valence-electron chi connectivity index (χ0n) is 11.9. The van der Waals surface area contributed by atoms with E-state index in [9.17, 15) is 18.0 Å². The summed E-state index contributed by atoms with van der Waals surface area (Å²) in [4.78, 5) is 23.0. The molecular formula is C13H17ClN2O4S. The first-order valence-electron chi connectivity index (χ1n) is 6.23. The Morgan fingerprint density at radius 1 is 1.14 bits per heavy atom. The lowest BCUT2D eigenvalue weighted by molar-refractivity contribution is -0.128. The zero-order valence-corrected chi connectivity index (χ0v) is 13.5. The van der Waals surface area contributed by atoms with E-state index in [2.05, 4.69) is 5.32 Å². The third kappa shape index (κ3) is 5.02. The van der Waals surface area contributed by atoms with Crippen LogP contribution in [0.3, 0.4) is 0 Å². The number of hydrogen-bond donors (Lipinski definition) is 2. The number of hydrogen-bond acceptors (Lipinski definition) is 4. The van der Waals surface area contributed by atoms with Gasteiger partial charge < -0.3 is 5.32 Å². The van der Waals surface area contributed by atoms with Gasteiger partial charge in [0.15, 0.2) is 0 Å². The minimum atomic E-state index is -4.00. The van der Waals surface area contributed by atoms with E-state index in [1.807, 2.05) is 4.72 Å². The molecule has 1 unspecified atom stereocenters. The molecule has 8 heteroatoms. The van der Waals surface area contributed by atoms with Crippen LogP contribution in [0.4, 0.5) is 0 Å². The van der Waals surface area contributed by atoms with Crippen LogP contribution in [0.15, 0.2) is 29.2 Å². The van der Waals surface area contributed by atoms with Gasteiger partial charge in [0.2, 0.25) is 5.91 Å². The molecule has 2 amide bonds. The number of carbonyl (C=O) groups is 2. The molecule has 0 aliphatic rings. The SMILES string of the molecule is CC(=O)NC(C(=O)NS(=O)(=O)c1ccc(Cl)cc1)C(C)C. The van der Waals surface area contributed by atoms with Crippen LogP contribution in [-0.2, 0) is 19.6 Å². The Hall–Kier alpha value is -1.60. The lowest BCUT2D eigenvalue weighted by atomic mass is 10.0. The van der Waals surface area contributed by atoms with Crippen molar-refractivity contribution in [3.05, 3.63) is 29.3 Å². The van der Waals surface area contributed by atoms with Gasteiger partial charge in [-0.05, 0) is 30.2 Å². The summed E-state index contributed by atoms with van der Waals surface area (Å²) in [6.07, 6.45) is 0. The highest BCUT2D eigenvalue weighted by molar-refractivity contribution is 7.90. The average Bonchev–Trinajstić information content (AvgIpc) is 2.35. The second-order valence-corrected chi connectivity index (χ2v) is 6.96. The fourth-order valence-electron chi connectivity index (χ4n) is 1.62. The number of benzene rings is 1. The predicted octanol–water partition coefficient (Wildman–Crippen LogP) is 1.31. The van der Waals surface area contributed by atoms with Gasteiger partial charge in [-0.1, -0.05) is 25.4 Å². The van der Waals surface area contributed by atoms with Gasteiger partial charge in [-0.3, -0.25) is 9.59 Å². The number of nitrogens with one attached hydrogen (secondary N) is 2. The van der Waals surface area contributed by atoms with Gasteiger partial charge in [-0.15, -0.1) is 0 Å². The van der Waals surface area contributed by atoms with E-state index in [4.69, 9.17) is 11.6 Å². The van der Waals surface area contributed by atoms with Crippen LogP contribution in [0.25, 0.3) is 0 Å². The maximum Gasteiger partial charge on any atom is 0.264 e. The van der Waals surface area contributed by atoms with Crippen molar-refractivity contribution in [1.29, 1.82) is 0 Å². The van der Waals surface area contributed by atoms with Gasteiger partial charge in [0.05, 0.1) is 4.90 Å². The average molecular weight is 333 g/mol. The molecule has 0 saturated carbocycles. The van der Waals surface area contributed by atoms with E-state index in [0.717, 1.165) is 0 Å². The lowest BCUT2D eigenvalue weighted by Gasteiger charge is -2.20. The summed E-state index contributed by atoms with van der Waals surface area (Å²) in [6, 6.07) is 4.48. The van der Waals surface area contributed by atoms with E-state index >= 15 is 0 Å². The summed E-state index contributed by atoms with van der Waals surface area (Å²) in [5.74, 6) is -1.45. The van der Waals surface area contributed by atoms with E-state index in [0.29, 0.717) is 5.02 Å². The van der Waals surface area contributed by atoms with Gasteiger partial charge in [-0.25, -0.2) is 13.1 Å². The summed E-state index contributed by atoms with van der Waals surface area (Å²) >= 11 is 5.69. The number of sulfonamides is 1. The maximum atomic E-state index is 12.1. The molecule has 1 rings (SSSR count). The molecule has 1 aromatic rings. The summed E-state index contributed by atoms with van der Waals surface area (Å²) in [5.41, 5.74) is 0. The molecule has 1 aromatic carbocycles. The molecule has 0 saturated heterocycles. The van der Waals surface area contributed by atoms with Crippen LogP contribution in [0.5, 0.6) is 0 Å². The topological polar surface area (TPSA) is 92.3 Å². The quantitative estimate of drug-likeness (QED) is 0.850. The second-order valence-electron chi connectivity index (χ2n) is 4.85. The van der Waals surface area contributed by atoms with Crippen molar-refractivity contribution in [2.45, 2.75) is 31.7 Å². The van der Waals surface area contributed by atoms with Gasteiger partial charge in [-0.2, -0.15) is 0 Å². The minimum absolute atomic E-state index is 0.0782. The van der Waals surface area contributed by atoms with Crippen molar-refractivity contribution in [3.63, 3.8) is 0 Å². The van der Waals surface area contributed by atoms with Crippen molar-refractivity contribution >= 4 is 33.4 Å². The van der Waals surface area contributed by atoms with Crippen LogP contribution in [0.1, 0.15) is 20.8 Å². The first-order chi connectivity index (χ1) is 9.63. The highest BCUT2D eigenvalue weighted by atomic mass is 35.5. The van der Waals surface area contributed by atoms with Crippen molar-refractivity contribution in [3.8, 4) is 0 Å². The van der Waals surface area contributed by atoms with Gasteiger partial charge in [0.1, 0.15) is 6.04 Å². The fourth-order valence-corrected chi connectivity index (χ4v) is 2.75. The Kier molecular flexibility index (Phi) is 5.74. The first kappa shape index (κ1) is 17.5. The molecule has 6 nitrogen and oxygen atoms in total. The summed E-state index contributed by atoms with van der Waals surface area (Å²) in [7, 11) is -4.00.